The van der Waals surface area contributed by atoms with Crippen LogP contribution in [0.15, 0.2) is 60.7 Å². The first-order chi connectivity index (χ1) is 11.4. The first kappa shape index (κ1) is 15.4. The fourth-order valence-electron chi connectivity index (χ4n) is 4.26. The molecular weight excluding hydrogens is 297 g/mol. The second kappa shape index (κ2) is 7.16. The summed E-state index contributed by atoms with van der Waals surface area (Å²) < 4.78 is 0. The van der Waals surface area contributed by atoms with E-state index in [4.69, 9.17) is 0 Å². The quantitative estimate of drug-likeness (QED) is 0.661. The standard InChI is InChI=1S/C21H26NP/c1-3-9-17(10-4-1)20-15-16-21(18-11-5-2-6-12-18)23(20)22-19-13-7-8-14-19/h1-6,9-12,19-22H,7-8,13-16H2/t20-,21-/m1/s1. The molecule has 1 aliphatic heterocycles. The van der Waals surface area contributed by atoms with Crippen LogP contribution in [0.2, 0.25) is 0 Å². The van der Waals surface area contributed by atoms with Crippen molar-refractivity contribution in [3.05, 3.63) is 71.8 Å². The van der Waals surface area contributed by atoms with Gasteiger partial charge in [-0.15, -0.1) is 0 Å². The molecule has 0 radical (unpaired) electrons. The van der Waals surface area contributed by atoms with Gasteiger partial charge in [-0.2, -0.15) is 0 Å². The molecule has 2 aromatic rings. The molecule has 0 amide bonds. The fourth-order valence-corrected chi connectivity index (χ4v) is 7.58. The van der Waals surface area contributed by atoms with Gasteiger partial charge >= 0.3 is 0 Å². The predicted molar refractivity (Wildman–Crippen MR) is 99.9 cm³/mol. The highest BCUT2D eigenvalue weighted by Gasteiger charge is 2.38. The van der Waals surface area contributed by atoms with Gasteiger partial charge in [-0.05, 0) is 44.9 Å². The van der Waals surface area contributed by atoms with E-state index in [9.17, 15) is 0 Å². The van der Waals surface area contributed by atoms with Crippen LogP contribution in [0.25, 0.3) is 0 Å². The molecule has 23 heavy (non-hydrogen) atoms. The summed E-state index contributed by atoms with van der Waals surface area (Å²) in [5.41, 5.74) is 4.53. The smallest absolute Gasteiger partial charge is 0.0178 e. The Kier molecular flexibility index (Phi) is 4.78. The lowest BCUT2D eigenvalue weighted by Crippen LogP contribution is -2.23. The van der Waals surface area contributed by atoms with Gasteiger partial charge in [-0.1, -0.05) is 73.5 Å². The van der Waals surface area contributed by atoms with Crippen molar-refractivity contribution in [2.45, 2.75) is 55.9 Å². The molecule has 0 bridgehead atoms. The molecule has 2 atom stereocenters. The molecule has 2 aliphatic rings. The third-order valence-corrected chi connectivity index (χ3v) is 8.56. The Balaban J connectivity index is 1.61. The van der Waals surface area contributed by atoms with Crippen molar-refractivity contribution >= 4 is 8.07 Å². The Bertz CT molecular complexity index is 559. The minimum atomic E-state index is -0.186. The van der Waals surface area contributed by atoms with E-state index in [1.165, 1.54) is 38.5 Å². The van der Waals surface area contributed by atoms with Gasteiger partial charge in [0.2, 0.25) is 0 Å². The lowest BCUT2D eigenvalue weighted by atomic mass is 10.0. The van der Waals surface area contributed by atoms with Crippen molar-refractivity contribution in [3.63, 3.8) is 0 Å². The third kappa shape index (κ3) is 3.37. The normalized spacial score (nSPS) is 25.9. The van der Waals surface area contributed by atoms with Crippen LogP contribution in [0.3, 0.4) is 0 Å². The van der Waals surface area contributed by atoms with Gasteiger partial charge in [0, 0.05) is 17.4 Å². The third-order valence-electron chi connectivity index (χ3n) is 5.44. The molecule has 1 heterocycles. The van der Waals surface area contributed by atoms with Crippen LogP contribution in [0.5, 0.6) is 0 Å². The van der Waals surface area contributed by atoms with Crippen LogP contribution in [-0.2, 0) is 0 Å². The SMILES string of the molecule is c1ccc([C@H]2CC[C@H](c3ccccc3)P2NC2CCCC2)cc1. The Hall–Kier alpha value is -1.17. The number of hydrogen-bond donors (Lipinski definition) is 1. The van der Waals surface area contributed by atoms with Gasteiger partial charge in [-0.3, -0.25) is 5.09 Å². The van der Waals surface area contributed by atoms with Crippen LogP contribution < -0.4 is 5.09 Å². The average molecular weight is 323 g/mol. The molecule has 1 aliphatic carbocycles. The summed E-state index contributed by atoms with van der Waals surface area (Å²) in [4.78, 5) is 0. The molecule has 120 valence electrons. The second-order valence-corrected chi connectivity index (χ2v) is 9.27. The van der Waals surface area contributed by atoms with Crippen molar-refractivity contribution < 1.29 is 0 Å². The maximum Gasteiger partial charge on any atom is 0.0178 e. The van der Waals surface area contributed by atoms with Crippen molar-refractivity contribution in [2.24, 2.45) is 0 Å². The maximum atomic E-state index is 4.14. The van der Waals surface area contributed by atoms with Gasteiger partial charge in [0.1, 0.15) is 0 Å². The molecule has 1 saturated carbocycles. The summed E-state index contributed by atoms with van der Waals surface area (Å²) in [5, 5.41) is 4.14. The molecule has 1 N–H and O–H groups in total. The summed E-state index contributed by atoms with van der Waals surface area (Å²) >= 11 is 0. The highest BCUT2D eigenvalue weighted by Crippen LogP contribution is 2.68. The van der Waals surface area contributed by atoms with E-state index in [1.807, 2.05) is 0 Å². The van der Waals surface area contributed by atoms with E-state index in [0.29, 0.717) is 0 Å². The minimum absolute atomic E-state index is 0.186. The van der Waals surface area contributed by atoms with Gasteiger partial charge in [0.15, 0.2) is 0 Å². The van der Waals surface area contributed by atoms with Gasteiger partial charge in [0.05, 0.1) is 0 Å². The fraction of sp³-hybridized carbons (Fsp3) is 0.429. The Morgan fingerprint density at radius 1 is 0.652 bits per heavy atom. The first-order valence-electron chi connectivity index (χ1n) is 9.06. The minimum Gasteiger partial charge on any atom is -0.292 e. The molecule has 0 unspecified atom stereocenters. The highest BCUT2D eigenvalue weighted by molar-refractivity contribution is 7.56. The van der Waals surface area contributed by atoms with Crippen molar-refractivity contribution in [1.29, 1.82) is 0 Å². The number of hydrogen-bond acceptors (Lipinski definition) is 1. The van der Waals surface area contributed by atoms with E-state index < -0.39 is 0 Å². The van der Waals surface area contributed by atoms with E-state index in [2.05, 4.69) is 65.8 Å². The van der Waals surface area contributed by atoms with Crippen LogP contribution >= 0.6 is 8.07 Å². The lowest BCUT2D eigenvalue weighted by molar-refractivity contribution is 0.644. The maximum absolute atomic E-state index is 4.14. The summed E-state index contributed by atoms with van der Waals surface area (Å²) in [6.45, 7) is 0. The van der Waals surface area contributed by atoms with E-state index >= 15 is 0 Å². The van der Waals surface area contributed by atoms with Gasteiger partial charge in [-0.25, -0.2) is 0 Å². The molecular formula is C21H26NP. The van der Waals surface area contributed by atoms with Crippen LogP contribution in [0.1, 0.15) is 61.0 Å². The average Bonchev–Trinajstić information content (AvgIpc) is 3.27. The molecule has 1 saturated heterocycles. The molecule has 1 nitrogen and oxygen atoms in total. The molecule has 4 rings (SSSR count). The molecule has 0 spiro atoms. The molecule has 2 heteroatoms. The monoisotopic (exact) mass is 323 g/mol. The summed E-state index contributed by atoms with van der Waals surface area (Å²) in [7, 11) is -0.186. The van der Waals surface area contributed by atoms with Crippen molar-refractivity contribution in [2.75, 3.05) is 0 Å². The topological polar surface area (TPSA) is 12.0 Å². The van der Waals surface area contributed by atoms with Crippen LogP contribution in [0, 0.1) is 0 Å². The zero-order chi connectivity index (χ0) is 15.5. The first-order valence-corrected chi connectivity index (χ1v) is 10.5. The zero-order valence-electron chi connectivity index (χ0n) is 13.7. The van der Waals surface area contributed by atoms with Crippen molar-refractivity contribution in [1.82, 2.24) is 5.09 Å². The van der Waals surface area contributed by atoms with Crippen LogP contribution in [-0.4, -0.2) is 6.04 Å². The predicted octanol–water partition coefficient (Wildman–Crippen LogP) is 6.19. The molecule has 2 aromatic carbocycles. The zero-order valence-corrected chi connectivity index (χ0v) is 14.6. The lowest BCUT2D eigenvalue weighted by Gasteiger charge is -2.30. The van der Waals surface area contributed by atoms with E-state index in [1.54, 1.807) is 11.1 Å². The Morgan fingerprint density at radius 2 is 1.13 bits per heavy atom. The van der Waals surface area contributed by atoms with Crippen molar-refractivity contribution in [3.8, 4) is 0 Å². The Labute approximate surface area is 141 Å². The van der Waals surface area contributed by atoms with Gasteiger partial charge in [0.25, 0.3) is 0 Å². The van der Waals surface area contributed by atoms with E-state index in [0.717, 1.165) is 17.4 Å². The summed E-state index contributed by atoms with van der Waals surface area (Å²) in [6, 6.07) is 23.2. The Morgan fingerprint density at radius 3 is 1.61 bits per heavy atom. The van der Waals surface area contributed by atoms with Crippen LogP contribution in [0.4, 0.5) is 0 Å². The number of rotatable bonds is 4. The van der Waals surface area contributed by atoms with E-state index in [-0.39, 0.29) is 8.07 Å². The second-order valence-electron chi connectivity index (χ2n) is 6.95. The summed E-state index contributed by atoms with van der Waals surface area (Å²) in [6.07, 6.45) is 8.23. The number of benzene rings is 2. The summed E-state index contributed by atoms with van der Waals surface area (Å²) in [5.74, 6) is 0. The largest absolute Gasteiger partial charge is 0.292 e. The molecule has 2 fully saturated rings. The molecule has 0 aromatic heterocycles. The number of nitrogens with one attached hydrogen (secondary N) is 1. The van der Waals surface area contributed by atoms with Gasteiger partial charge < -0.3 is 0 Å². The highest BCUT2D eigenvalue weighted by atomic mass is 31.1.